The Morgan fingerprint density at radius 3 is 0.976 bits per heavy atom. The van der Waals surface area contributed by atoms with Crippen molar-refractivity contribution in [3.05, 3.63) is 121 Å². The van der Waals surface area contributed by atoms with Gasteiger partial charge in [-0.2, -0.15) is 9.29 Å². The summed E-state index contributed by atoms with van der Waals surface area (Å²) in [6.45, 7) is 7.43. The molecule has 4 aromatic rings. The normalized spacial score (nSPS) is 24.8. The van der Waals surface area contributed by atoms with Crippen molar-refractivity contribution in [2.75, 3.05) is 26.6 Å². The molecule has 0 bridgehead atoms. The average molecular weight is 564 g/mol. The highest BCUT2D eigenvalue weighted by molar-refractivity contribution is 6.93. The van der Waals surface area contributed by atoms with Crippen molar-refractivity contribution in [2.24, 2.45) is 0 Å². The van der Waals surface area contributed by atoms with Crippen LogP contribution in [0.3, 0.4) is 0 Å². The van der Waals surface area contributed by atoms with E-state index in [1.807, 2.05) is 24.3 Å². The van der Waals surface area contributed by atoms with Crippen molar-refractivity contribution in [3.63, 3.8) is 0 Å². The van der Waals surface area contributed by atoms with E-state index in [2.05, 4.69) is 125 Å². The zero-order valence-electron chi connectivity index (χ0n) is 25.2. The second kappa shape index (κ2) is 11.5. The summed E-state index contributed by atoms with van der Waals surface area (Å²) < 4.78 is 28.9. The highest BCUT2D eigenvalue weighted by Gasteiger charge is 2.55. The Labute approximate surface area is 250 Å². The summed E-state index contributed by atoms with van der Waals surface area (Å²) in [5, 5.41) is 0. The lowest BCUT2D eigenvalue weighted by Gasteiger charge is -2.45. The summed E-state index contributed by atoms with van der Waals surface area (Å²) in [4.78, 5) is 0. The van der Waals surface area contributed by atoms with Crippen molar-refractivity contribution in [3.8, 4) is 0 Å². The van der Waals surface area contributed by atoms with Gasteiger partial charge in [0.05, 0.1) is 0 Å². The van der Waals surface area contributed by atoms with Gasteiger partial charge in [-0.25, -0.2) is 0 Å². The van der Waals surface area contributed by atoms with Crippen LogP contribution < -0.4 is 21.9 Å². The van der Waals surface area contributed by atoms with Crippen LogP contribution in [0.25, 0.3) is 0 Å². The number of benzene rings is 4. The van der Waals surface area contributed by atoms with Crippen molar-refractivity contribution in [2.45, 2.75) is 39.8 Å². The van der Waals surface area contributed by atoms with Gasteiger partial charge >= 0.3 is 13.1 Å². The maximum Gasteiger partial charge on any atom is 0.358 e. The Morgan fingerprint density at radius 2 is 0.738 bits per heavy atom. The minimum Gasteiger partial charge on any atom is -0.511 e. The van der Waals surface area contributed by atoms with Crippen molar-refractivity contribution in [1.29, 1.82) is 0 Å². The third-order valence-electron chi connectivity index (χ3n) is 9.47. The van der Waals surface area contributed by atoms with Crippen LogP contribution in [0.4, 0.5) is 0 Å². The number of hydrogen-bond acceptors (Lipinski definition) is 4. The predicted octanol–water partition coefficient (Wildman–Crippen LogP) is 3.79. The average Bonchev–Trinajstić information content (AvgIpc) is 3.65. The van der Waals surface area contributed by atoms with Crippen molar-refractivity contribution < 1.29 is 28.1 Å². The molecule has 6 rings (SSSR count). The maximum absolute atomic E-state index is 7.25. The summed E-state index contributed by atoms with van der Waals surface area (Å²) in [7, 11) is 0. The smallest absolute Gasteiger partial charge is 0.358 e. The third-order valence-corrected chi connectivity index (χ3v) is 9.47. The Morgan fingerprint density at radius 1 is 0.476 bits per heavy atom. The third kappa shape index (κ3) is 4.92. The van der Waals surface area contributed by atoms with Crippen LogP contribution in [-0.4, -0.2) is 61.0 Å². The quantitative estimate of drug-likeness (QED) is 0.229. The molecule has 2 fully saturated rings. The lowest BCUT2D eigenvalue weighted by molar-refractivity contribution is -1.14. The van der Waals surface area contributed by atoms with E-state index in [4.69, 9.17) is 18.8 Å². The maximum atomic E-state index is 7.25. The Bertz CT molecular complexity index is 1270. The van der Waals surface area contributed by atoms with E-state index >= 15 is 0 Å². The summed E-state index contributed by atoms with van der Waals surface area (Å²) >= 11 is 0. The topological polar surface area (TPSA) is 36.9 Å². The first kappa shape index (κ1) is 28.9. The van der Waals surface area contributed by atoms with Crippen LogP contribution >= 0.6 is 0 Å². The fraction of sp³-hybridized carbons (Fsp3) is 0.294. The molecule has 6 nitrogen and oxygen atoms in total. The first-order chi connectivity index (χ1) is 20.3. The van der Waals surface area contributed by atoms with Gasteiger partial charge in [-0.3, -0.25) is 0 Å². The minimum absolute atomic E-state index is 0.162. The molecule has 2 aliphatic rings. The second-order valence-corrected chi connectivity index (χ2v) is 12.4. The number of rotatable bonds is 9. The van der Waals surface area contributed by atoms with E-state index in [1.165, 1.54) is 0 Å². The molecule has 0 N–H and O–H groups in total. The van der Waals surface area contributed by atoms with E-state index < -0.39 is 13.1 Å². The van der Waals surface area contributed by atoms with Crippen LogP contribution in [0.5, 0.6) is 0 Å². The van der Waals surface area contributed by atoms with Gasteiger partial charge in [0.25, 0.3) is 0 Å². The first-order valence-corrected chi connectivity index (χ1v) is 15.3. The molecule has 0 spiro atoms. The highest BCUT2D eigenvalue weighted by atomic mass is 16.8. The van der Waals surface area contributed by atoms with Gasteiger partial charge in [0.15, 0.2) is 26.6 Å². The lowest BCUT2D eigenvalue weighted by Crippen LogP contribution is -2.67. The molecule has 0 saturated carbocycles. The highest BCUT2D eigenvalue weighted by Crippen LogP contribution is 2.34. The molecule has 0 aromatic heterocycles. The molecule has 0 unspecified atom stereocenters. The molecule has 4 aromatic carbocycles. The van der Waals surface area contributed by atoms with Gasteiger partial charge in [-0.05, 0) is 27.7 Å². The number of hydrogen-bond donors (Lipinski definition) is 0. The van der Waals surface area contributed by atoms with Crippen LogP contribution in [0.15, 0.2) is 121 Å². The summed E-state index contributed by atoms with van der Waals surface area (Å²) in [5.41, 5.74) is 4.20. The zero-order valence-corrected chi connectivity index (χ0v) is 25.2. The minimum atomic E-state index is -1.88. The van der Waals surface area contributed by atoms with Gasteiger partial charge in [0.1, 0.15) is 12.1 Å². The van der Waals surface area contributed by atoms with Gasteiger partial charge in [0.2, 0.25) is 0 Å². The van der Waals surface area contributed by atoms with E-state index in [9.17, 15) is 0 Å². The number of nitrogens with zero attached hydrogens (tertiary/aromatic N) is 2. The predicted molar refractivity (Wildman–Crippen MR) is 170 cm³/mol. The van der Waals surface area contributed by atoms with Gasteiger partial charge < -0.3 is 18.8 Å². The molecular weight excluding hydrogens is 522 g/mol. The molecule has 0 amide bonds. The zero-order chi connectivity index (χ0) is 29.3. The standard InChI is InChI=1S/C34H42B2N2O4/c1-29(2)37(27-39-35(41-37,31-17-9-5-10-18-31)32-19-11-6-12-20-32)25-26-38(30(3)4)28-40-36(42-38,33-21-13-7-14-22-33)34-23-15-8-16-24-34/h5-24,29-30H,25-28H2,1-4H3/t37-,38+. The van der Waals surface area contributed by atoms with E-state index in [-0.39, 0.29) is 12.1 Å². The van der Waals surface area contributed by atoms with E-state index in [0.717, 1.165) is 21.9 Å². The monoisotopic (exact) mass is 564 g/mol. The Balaban J connectivity index is 1.34. The second-order valence-electron chi connectivity index (χ2n) is 12.4. The molecule has 8 heteroatoms. The van der Waals surface area contributed by atoms with Crippen molar-refractivity contribution >= 4 is 35.0 Å². The molecule has 0 radical (unpaired) electrons. The lowest BCUT2D eigenvalue weighted by atomic mass is 9.47. The van der Waals surface area contributed by atoms with Crippen molar-refractivity contribution in [1.82, 2.24) is 0 Å². The van der Waals surface area contributed by atoms with Gasteiger partial charge in [0, 0.05) is 0 Å². The summed E-state index contributed by atoms with van der Waals surface area (Å²) in [6.07, 6.45) is 0. The molecule has 2 atom stereocenters. The Hall–Kier alpha value is -3.23. The van der Waals surface area contributed by atoms with Crippen LogP contribution in [-0.2, 0) is 18.8 Å². The first-order valence-electron chi connectivity index (χ1n) is 15.3. The van der Waals surface area contributed by atoms with Crippen LogP contribution in [0.1, 0.15) is 27.7 Å². The van der Waals surface area contributed by atoms with Gasteiger partial charge in [-0.15, -0.1) is 21.9 Å². The van der Waals surface area contributed by atoms with Gasteiger partial charge in [-0.1, -0.05) is 121 Å². The summed E-state index contributed by atoms with van der Waals surface area (Å²) in [5.74, 6) is 0. The largest absolute Gasteiger partial charge is 0.511 e. The molecule has 0 aliphatic carbocycles. The SMILES string of the molecule is CC(C)[N@@+]1(CC[N@@+]2(C(C)C)CO[B-](c3ccccc3)(c3ccccc3)O2)CO[B-](c2ccccc2)(c2ccccc2)O1. The molecule has 2 saturated heterocycles. The molecule has 2 heterocycles. The van der Waals surface area contributed by atoms with Crippen LogP contribution in [0, 0.1) is 0 Å². The fourth-order valence-corrected chi connectivity index (χ4v) is 6.65. The number of quaternary nitrogens is 2. The van der Waals surface area contributed by atoms with Crippen LogP contribution in [0.2, 0.25) is 0 Å². The molecule has 2 aliphatic heterocycles. The molecular formula is C34H42B2N2O4. The summed E-state index contributed by atoms with van der Waals surface area (Å²) in [6, 6.07) is 41.8. The molecule has 218 valence electrons. The fourth-order valence-electron chi connectivity index (χ4n) is 6.65. The van der Waals surface area contributed by atoms with E-state index in [1.54, 1.807) is 0 Å². The Kier molecular flexibility index (Phi) is 7.87. The van der Waals surface area contributed by atoms with E-state index in [0.29, 0.717) is 35.8 Å². The molecule has 42 heavy (non-hydrogen) atoms. The number of hydroxylamine groups is 6.